The fourth-order valence-electron chi connectivity index (χ4n) is 1.87. The SMILES string of the molecule is COCc1nc(C)c(C(=O)N(CC(=O)O)C2CC2)s1. The van der Waals surface area contributed by atoms with Crippen molar-refractivity contribution in [2.45, 2.75) is 32.4 Å². The highest BCUT2D eigenvalue weighted by Gasteiger charge is 2.35. The van der Waals surface area contributed by atoms with E-state index in [-0.39, 0.29) is 18.5 Å². The van der Waals surface area contributed by atoms with Crippen LogP contribution in [0.3, 0.4) is 0 Å². The topological polar surface area (TPSA) is 79.7 Å². The summed E-state index contributed by atoms with van der Waals surface area (Å²) in [6.45, 7) is 1.87. The summed E-state index contributed by atoms with van der Waals surface area (Å²) < 4.78 is 4.99. The first-order chi connectivity index (χ1) is 9.02. The summed E-state index contributed by atoms with van der Waals surface area (Å²) in [5.41, 5.74) is 0.637. The van der Waals surface area contributed by atoms with Crippen molar-refractivity contribution >= 4 is 23.2 Å². The van der Waals surface area contributed by atoms with Gasteiger partial charge in [-0.05, 0) is 19.8 Å². The van der Waals surface area contributed by atoms with Crippen LogP contribution < -0.4 is 0 Å². The molecule has 1 aromatic rings. The van der Waals surface area contributed by atoms with E-state index in [1.165, 1.54) is 16.2 Å². The fraction of sp³-hybridized carbons (Fsp3) is 0.583. The monoisotopic (exact) mass is 284 g/mol. The minimum Gasteiger partial charge on any atom is -0.480 e. The molecule has 1 aliphatic carbocycles. The van der Waals surface area contributed by atoms with E-state index in [0.29, 0.717) is 17.2 Å². The van der Waals surface area contributed by atoms with Gasteiger partial charge >= 0.3 is 5.97 Å². The van der Waals surface area contributed by atoms with Gasteiger partial charge in [-0.1, -0.05) is 0 Å². The third kappa shape index (κ3) is 3.30. The number of carboxylic acid groups (broad SMARTS) is 1. The third-order valence-electron chi connectivity index (χ3n) is 2.86. The number of methoxy groups -OCH3 is 1. The maximum Gasteiger partial charge on any atom is 0.323 e. The number of aromatic nitrogens is 1. The molecule has 1 heterocycles. The number of carboxylic acids is 1. The van der Waals surface area contributed by atoms with Gasteiger partial charge in [-0.25, -0.2) is 4.98 Å². The molecule has 2 rings (SSSR count). The van der Waals surface area contributed by atoms with Gasteiger partial charge in [0, 0.05) is 13.2 Å². The highest BCUT2D eigenvalue weighted by atomic mass is 32.1. The normalized spacial score (nSPS) is 14.4. The maximum atomic E-state index is 12.4. The predicted molar refractivity (Wildman–Crippen MR) is 69.3 cm³/mol. The number of hydrogen-bond acceptors (Lipinski definition) is 5. The average Bonchev–Trinajstić information content (AvgIpc) is 3.10. The van der Waals surface area contributed by atoms with Gasteiger partial charge < -0.3 is 14.7 Å². The highest BCUT2D eigenvalue weighted by Crippen LogP contribution is 2.30. The molecule has 1 aromatic heterocycles. The molecule has 1 aliphatic rings. The van der Waals surface area contributed by atoms with E-state index in [0.717, 1.165) is 17.8 Å². The van der Waals surface area contributed by atoms with E-state index in [4.69, 9.17) is 9.84 Å². The first-order valence-corrected chi connectivity index (χ1v) is 6.82. The van der Waals surface area contributed by atoms with Crippen LogP contribution in [0.5, 0.6) is 0 Å². The van der Waals surface area contributed by atoms with Crippen molar-refractivity contribution in [2.24, 2.45) is 0 Å². The molecule has 7 heteroatoms. The Morgan fingerprint density at radius 2 is 2.21 bits per heavy atom. The van der Waals surface area contributed by atoms with E-state index in [1.54, 1.807) is 14.0 Å². The minimum absolute atomic E-state index is 0.0657. The van der Waals surface area contributed by atoms with Gasteiger partial charge in [-0.2, -0.15) is 0 Å². The molecular formula is C12H16N2O4S. The summed E-state index contributed by atoms with van der Waals surface area (Å²) in [7, 11) is 1.57. The summed E-state index contributed by atoms with van der Waals surface area (Å²) in [4.78, 5) is 29.4. The Morgan fingerprint density at radius 1 is 1.53 bits per heavy atom. The zero-order valence-corrected chi connectivity index (χ0v) is 11.7. The van der Waals surface area contributed by atoms with Gasteiger partial charge in [-0.3, -0.25) is 9.59 Å². The third-order valence-corrected chi connectivity index (χ3v) is 3.98. The molecule has 0 aromatic carbocycles. The van der Waals surface area contributed by atoms with Gasteiger partial charge in [0.1, 0.15) is 16.4 Å². The lowest BCUT2D eigenvalue weighted by Gasteiger charge is -2.19. The second kappa shape index (κ2) is 5.66. The second-order valence-corrected chi connectivity index (χ2v) is 5.60. The Morgan fingerprint density at radius 3 is 2.74 bits per heavy atom. The number of thiazole rings is 1. The Labute approximate surface area is 115 Å². The lowest BCUT2D eigenvalue weighted by molar-refractivity contribution is -0.137. The molecule has 1 fully saturated rings. The molecule has 1 saturated carbocycles. The van der Waals surface area contributed by atoms with Crippen molar-refractivity contribution in [1.82, 2.24) is 9.88 Å². The van der Waals surface area contributed by atoms with Crippen molar-refractivity contribution in [3.8, 4) is 0 Å². The number of hydrogen-bond donors (Lipinski definition) is 1. The first-order valence-electron chi connectivity index (χ1n) is 6.01. The average molecular weight is 284 g/mol. The van der Waals surface area contributed by atoms with Crippen molar-refractivity contribution in [2.75, 3.05) is 13.7 Å². The lowest BCUT2D eigenvalue weighted by Crippen LogP contribution is -2.37. The molecule has 0 bridgehead atoms. The number of carbonyl (C=O) groups excluding carboxylic acids is 1. The highest BCUT2D eigenvalue weighted by molar-refractivity contribution is 7.13. The van der Waals surface area contributed by atoms with Crippen molar-refractivity contribution < 1.29 is 19.4 Å². The van der Waals surface area contributed by atoms with E-state index < -0.39 is 5.97 Å². The first kappa shape index (κ1) is 14.0. The minimum atomic E-state index is -0.987. The molecule has 0 aliphatic heterocycles. The number of amides is 1. The largest absolute Gasteiger partial charge is 0.480 e. The van der Waals surface area contributed by atoms with E-state index >= 15 is 0 Å². The van der Waals surface area contributed by atoms with Gasteiger partial charge in [0.2, 0.25) is 0 Å². The number of aryl methyl sites for hydroxylation is 1. The van der Waals surface area contributed by atoms with Gasteiger partial charge in [0.25, 0.3) is 5.91 Å². The summed E-state index contributed by atoms with van der Waals surface area (Å²) in [6.07, 6.45) is 1.75. The maximum absolute atomic E-state index is 12.4. The van der Waals surface area contributed by atoms with E-state index in [2.05, 4.69) is 4.98 Å². The Kier molecular flexibility index (Phi) is 4.16. The van der Waals surface area contributed by atoms with Gasteiger partial charge in [0.05, 0.1) is 12.3 Å². The van der Waals surface area contributed by atoms with Crippen molar-refractivity contribution in [1.29, 1.82) is 0 Å². The Hall–Kier alpha value is -1.47. The number of ether oxygens (including phenoxy) is 1. The molecule has 0 spiro atoms. The molecule has 0 saturated heterocycles. The van der Waals surface area contributed by atoms with E-state index in [1.807, 2.05) is 0 Å². The molecular weight excluding hydrogens is 268 g/mol. The second-order valence-electron chi connectivity index (χ2n) is 4.51. The number of aliphatic carboxylic acids is 1. The van der Waals surface area contributed by atoms with Crippen molar-refractivity contribution in [3.05, 3.63) is 15.6 Å². The lowest BCUT2D eigenvalue weighted by atomic mass is 10.3. The smallest absolute Gasteiger partial charge is 0.323 e. The van der Waals surface area contributed by atoms with Crippen LogP contribution in [-0.2, 0) is 16.1 Å². The van der Waals surface area contributed by atoms with Crippen LogP contribution >= 0.6 is 11.3 Å². The standard InChI is InChI=1S/C12H16N2O4S/c1-7-11(19-9(13-7)6-18-2)12(17)14(5-10(15)16)8-3-4-8/h8H,3-6H2,1-2H3,(H,15,16). The number of nitrogens with zero attached hydrogens (tertiary/aromatic N) is 2. The Balaban J connectivity index is 2.18. The molecule has 6 nitrogen and oxygen atoms in total. The Bertz CT molecular complexity index is 496. The molecule has 0 atom stereocenters. The molecule has 0 unspecified atom stereocenters. The van der Waals surface area contributed by atoms with E-state index in [9.17, 15) is 9.59 Å². The molecule has 19 heavy (non-hydrogen) atoms. The summed E-state index contributed by atoms with van der Waals surface area (Å²) in [5, 5.41) is 9.62. The number of carbonyl (C=O) groups is 2. The summed E-state index contributed by atoms with van der Waals surface area (Å²) in [5.74, 6) is -1.22. The molecule has 1 amide bonds. The number of rotatable bonds is 6. The predicted octanol–water partition coefficient (Wildman–Crippen LogP) is 1.29. The van der Waals surface area contributed by atoms with Crippen LogP contribution in [0.1, 0.15) is 33.2 Å². The zero-order chi connectivity index (χ0) is 14.0. The summed E-state index contributed by atoms with van der Waals surface area (Å²) in [6, 6.07) is 0.0657. The molecule has 1 N–H and O–H groups in total. The van der Waals surface area contributed by atoms with Crippen LogP contribution in [0.15, 0.2) is 0 Å². The van der Waals surface area contributed by atoms with Crippen LogP contribution in [0.2, 0.25) is 0 Å². The van der Waals surface area contributed by atoms with Gasteiger partial charge in [-0.15, -0.1) is 11.3 Å². The summed E-state index contributed by atoms with van der Waals surface area (Å²) >= 11 is 1.27. The molecule has 0 radical (unpaired) electrons. The quantitative estimate of drug-likeness (QED) is 0.851. The van der Waals surface area contributed by atoms with Crippen LogP contribution in [0.25, 0.3) is 0 Å². The van der Waals surface area contributed by atoms with Crippen LogP contribution in [0, 0.1) is 6.92 Å². The van der Waals surface area contributed by atoms with Crippen LogP contribution in [0.4, 0.5) is 0 Å². The zero-order valence-electron chi connectivity index (χ0n) is 10.9. The van der Waals surface area contributed by atoms with Crippen molar-refractivity contribution in [3.63, 3.8) is 0 Å². The van der Waals surface area contributed by atoms with Gasteiger partial charge in [0.15, 0.2) is 0 Å². The van der Waals surface area contributed by atoms with Crippen LogP contribution in [-0.4, -0.2) is 46.6 Å². The molecule has 104 valence electrons. The fourth-order valence-corrected chi connectivity index (χ4v) is 2.86.